The number of benzene rings is 3. The predicted octanol–water partition coefficient (Wildman–Crippen LogP) is 5.25. The summed E-state index contributed by atoms with van der Waals surface area (Å²) < 4.78 is 60.2. The number of carbonyl (C=O) groups is 1. The van der Waals surface area contributed by atoms with Crippen LogP contribution >= 0.6 is 7.14 Å². The normalized spacial score (nSPS) is 15.7. The first-order chi connectivity index (χ1) is 19.8. The largest absolute Gasteiger partial charge is 0.354 e. The van der Waals surface area contributed by atoms with Crippen molar-refractivity contribution >= 4 is 35.1 Å². The summed E-state index contributed by atoms with van der Waals surface area (Å²) in [5.74, 6) is -2.88. The maximum Gasteiger partial charge on any atom is 0.354 e. The Balaban J connectivity index is 1.86. The lowest BCUT2D eigenvalue weighted by atomic mass is 10.0. The van der Waals surface area contributed by atoms with E-state index in [0.717, 1.165) is 18.2 Å². The Labute approximate surface area is 241 Å². The van der Waals surface area contributed by atoms with E-state index in [1.165, 1.54) is 22.8 Å². The van der Waals surface area contributed by atoms with Gasteiger partial charge in [-0.2, -0.15) is 4.98 Å². The van der Waals surface area contributed by atoms with E-state index in [1.54, 1.807) is 43.4 Å². The van der Waals surface area contributed by atoms with Crippen molar-refractivity contribution in [2.75, 3.05) is 37.9 Å². The fraction of sp³-hybridized carbons (Fsp3) is 0.258. The van der Waals surface area contributed by atoms with E-state index in [1.807, 2.05) is 11.8 Å². The molecule has 0 spiro atoms. The molecule has 11 heteroatoms. The second kappa shape index (κ2) is 10.9. The van der Waals surface area contributed by atoms with Gasteiger partial charge in [-0.3, -0.25) is 9.36 Å². The molecule has 2 heterocycles. The van der Waals surface area contributed by atoms with Crippen LogP contribution in [0.4, 0.5) is 19.0 Å². The standard InChI is InChI=1S/C31H30F3N4O3P/c1-6-27(39)36-13-14-37(19(3)17-36)30-21-15-24(34)20(28-22(32)10-8-11-23(28)33)16-25(21)38(31(40)35-30)29-18(2)9-7-12-26(29)42(4,5)41/h6-12,15-16,19H,1,13-14,17H2,2-5H3/t19-/m0/s1. The van der Waals surface area contributed by atoms with Crippen LogP contribution in [0.2, 0.25) is 0 Å². The summed E-state index contributed by atoms with van der Waals surface area (Å²) in [6.07, 6.45) is 1.23. The third-order valence-corrected chi connectivity index (χ3v) is 9.12. The molecule has 3 aromatic carbocycles. The topological polar surface area (TPSA) is 75.5 Å². The van der Waals surface area contributed by atoms with Gasteiger partial charge in [-0.25, -0.2) is 18.0 Å². The highest BCUT2D eigenvalue weighted by Crippen LogP contribution is 2.40. The molecule has 42 heavy (non-hydrogen) atoms. The van der Waals surface area contributed by atoms with Gasteiger partial charge < -0.3 is 14.4 Å². The van der Waals surface area contributed by atoms with Gasteiger partial charge in [0.25, 0.3) is 0 Å². The molecule has 1 fully saturated rings. The zero-order chi connectivity index (χ0) is 30.5. The van der Waals surface area contributed by atoms with Crippen LogP contribution in [0.3, 0.4) is 0 Å². The maximum atomic E-state index is 15.8. The van der Waals surface area contributed by atoms with Gasteiger partial charge in [0.15, 0.2) is 0 Å². The van der Waals surface area contributed by atoms with Crippen molar-refractivity contribution in [3.05, 3.63) is 94.7 Å². The molecule has 5 rings (SSSR count). The summed E-state index contributed by atoms with van der Waals surface area (Å²) >= 11 is 0. The monoisotopic (exact) mass is 594 g/mol. The Kier molecular flexibility index (Phi) is 7.62. The summed E-state index contributed by atoms with van der Waals surface area (Å²) in [6.45, 7) is 11.2. The van der Waals surface area contributed by atoms with Crippen LogP contribution < -0.4 is 15.9 Å². The summed E-state index contributed by atoms with van der Waals surface area (Å²) in [5, 5.41) is 0.632. The molecule has 1 aliphatic rings. The van der Waals surface area contributed by atoms with Gasteiger partial charge in [0.2, 0.25) is 5.91 Å². The first-order valence-electron chi connectivity index (χ1n) is 13.4. The fourth-order valence-corrected chi connectivity index (χ4v) is 6.81. The van der Waals surface area contributed by atoms with Crippen LogP contribution in [0.1, 0.15) is 12.5 Å². The maximum absolute atomic E-state index is 15.8. The van der Waals surface area contributed by atoms with Gasteiger partial charge in [-0.15, -0.1) is 0 Å². The van der Waals surface area contributed by atoms with Crippen molar-refractivity contribution in [1.82, 2.24) is 14.5 Å². The summed E-state index contributed by atoms with van der Waals surface area (Å²) in [7, 11) is -2.95. The van der Waals surface area contributed by atoms with Gasteiger partial charge in [-0.05, 0) is 69.1 Å². The number of anilines is 1. The molecule has 0 saturated carbocycles. The lowest BCUT2D eigenvalue weighted by Gasteiger charge is -2.40. The van der Waals surface area contributed by atoms with Crippen molar-refractivity contribution in [1.29, 1.82) is 0 Å². The molecule has 0 unspecified atom stereocenters. The number of carbonyl (C=O) groups excluding carboxylic acids is 1. The quantitative estimate of drug-likeness (QED) is 0.233. The average molecular weight is 595 g/mol. The number of piperazine rings is 1. The molecule has 0 radical (unpaired) electrons. The molecule has 4 aromatic rings. The Hall–Kier alpha value is -4.17. The molecule has 1 saturated heterocycles. The summed E-state index contributed by atoms with van der Waals surface area (Å²) in [4.78, 5) is 34.0. The van der Waals surface area contributed by atoms with Crippen LogP contribution in [0.15, 0.2) is 66.0 Å². The number of hydrogen-bond acceptors (Lipinski definition) is 5. The molecule has 0 aliphatic carbocycles. The predicted molar refractivity (Wildman–Crippen MR) is 160 cm³/mol. The Morgan fingerprint density at radius 2 is 1.71 bits per heavy atom. The number of halogens is 3. The number of aryl methyl sites for hydroxylation is 1. The van der Waals surface area contributed by atoms with E-state index in [2.05, 4.69) is 11.6 Å². The van der Waals surface area contributed by atoms with Crippen LogP contribution in [-0.2, 0) is 9.36 Å². The van der Waals surface area contributed by atoms with Gasteiger partial charge >= 0.3 is 5.69 Å². The number of para-hydroxylation sites is 1. The van der Waals surface area contributed by atoms with Crippen LogP contribution in [0.5, 0.6) is 0 Å². The third kappa shape index (κ3) is 5.04. The Bertz CT molecular complexity index is 1850. The van der Waals surface area contributed by atoms with Crippen LogP contribution in [0.25, 0.3) is 27.7 Å². The molecule has 218 valence electrons. The fourth-order valence-electron chi connectivity index (χ4n) is 5.58. The van der Waals surface area contributed by atoms with Crippen molar-refractivity contribution in [3.8, 4) is 16.8 Å². The van der Waals surface area contributed by atoms with Gasteiger partial charge in [0.1, 0.15) is 30.4 Å². The van der Waals surface area contributed by atoms with E-state index in [0.29, 0.717) is 36.2 Å². The lowest BCUT2D eigenvalue weighted by molar-refractivity contribution is -0.126. The molecular weight excluding hydrogens is 564 g/mol. The van der Waals surface area contributed by atoms with Crippen molar-refractivity contribution in [3.63, 3.8) is 0 Å². The summed E-state index contributed by atoms with van der Waals surface area (Å²) in [5.41, 5.74) is -0.595. The molecule has 1 amide bonds. The number of fused-ring (bicyclic) bond motifs is 1. The second-order valence-corrected chi connectivity index (χ2v) is 14.0. The van der Waals surface area contributed by atoms with E-state index in [4.69, 9.17) is 0 Å². The van der Waals surface area contributed by atoms with Gasteiger partial charge in [0.05, 0.1) is 16.8 Å². The zero-order valence-corrected chi connectivity index (χ0v) is 24.6. The number of hydrogen-bond donors (Lipinski definition) is 0. The first-order valence-corrected chi connectivity index (χ1v) is 16.0. The van der Waals surface area contributed by atoms with Crippen LogP contribution in [0, 0.1) is 24.4 Å². The zero-order valence-electron chi connectivity index (χ0n) is 23.7. The SMILES string of the molecule is C=CC(=O)N1CCN(c2nc(=O)n(-c3c(C)cccc3P(C)(C)=O)c3cc(-c4c(F)cccc4F)c(F)cc23)[C@@H](C)C1. The van der Waals surface area contributed by atoms with Crippen molar-refractivity contribution < 1.29 is 22.5 Å². The van der Waals surface area contributed by atoms with Gasteiger partial charge in [-0.1, -0.05) is 24.8 Å². The number of aromatic nitrogens is 2. The smallest absolute Gasteiger partial charge is 0.350 e. The molecular formula is C31H30F3N4O3P. The third-order valence-electron chi connectivity index (χ3n) is 7.60. The summed E-state index contributed by atoms with van der Waals surface area (Å²) in [6, 6.07) is 10.4. The minimum atomic E-state index is -2.95. The number of nitrogens with zero attached hydrogens (tertiary/aromatic N) is 4. The van der Waals surface area contributed by atoms with E-state index >= 15 is 4.39 Å². The number of rotatable bonds is 5. The van der Waals surface area contributed by atoms with Gasteiger partial charge in [0, 0.05) is 41.9 Å². The van der Waals surface area contributed by atoms with Crippen molar-refractivity contribution in [2.45, 2.75) is 19.9 Å². The lowest BCUT2D eigenvalue weighted by Crippen LogP contribution is -2.54. The molecule has 1 aromatic heterocycles. The average Bonchev–Trinajstić information content (AvgIpc) is 2.92. The Morgan fingerprint density at radius 3 is 2.33 bits per heavy atom. The molecule has 1 aliphatic heterocycles. The van der Waals surface area contributed by atoms with E-state index in [-0.39, 0.29) is 34.2 Å². The van der Waals surface area contributed by atoms with Crippen molar-refractivity contribution in [2.24, 2.45) is 0 Å². The first kappa shape index (κ1) is 29.3. The molecule has 0 N–H and O–H groups in total. The molecule has 0 bridgehead atoms. The molecule has 1 atom stereocenters. The highest BCUT2D eigenvalue weighted by molar-refractivity contribution is 7.70. The van der Waals surface area contributed by atoms with Crippen LogP contribution in [-0.4, -0.2) is 59.4 Å². The Morgan fingerprint density at radius 1 is 1.05 bits per heavy atom. The minimum absolute atomic E-state index is 0.143. The number of amides is 1. The van der Waals surface area contributed by atoms with E-state index < -0.39 is 35.8 Å². The minimum Gasteiger partial charge on any atom is -0.350 e. The molecule has 7 nitrogen and oxygen atoms in total. The van der Waals surface area contributed by atoms with E-state index in [9.17, 15) is 22.9 Å². The highest BCUT2D eigenvalue weighted by atomic mass is 31.2. The second-order valence-electron chi connectivity index (χ2n) is 10.8. The highest BCUT2D eigenvalue weighted by Gasteiger charge is 2.31.